The van der Waals surface area contributed by atoms with Gasteiger partial charge in [-0.3, -0.25) is 9.52 Å². The molecule has 0 unspecified atom stereocenters. The number of hydrogen-bond acceptors (Lipinski definition) is 4. The van der Waals surface area contributed by atoms with Gasteiger partial charge in [0.25, 0.3) is 0 Å². The molecule has 0 radical (unpaired) electrons. The Morgan fingerprint density at radius 1 is 0.941 bits per heavy atom. The molecule has 0 saturated heterocycles. The molecule has 0 spiro atoms. The zero-order chi connectivity index (χ0) is 24.4. The fraction of sp³-hybridized carbons (Fsp3) is 0.286. The van der Waals surface area contributed by atoms with Crippen molar-refractivity contribution in [3.05, 3.63) is 101 Å². The van der Waals surface area contributed by atoms with Crippen LogP contribution in [0.15, 0.2) is 78.9 Å². The van der Waals surface area contributed by atoms with Crippen molar-refractivity contribution >= 4 is 21.5 Å². The minimum Gasteiger partial charge on any atom is -0.295 e. The van der Waals surface area contributed by atoms with E-state index in [1.807, 2.05) is 18.2 Å². The number of carbonyl (C=O) groups excluding carboxylic acids is 1. The maximum absolute atomic E-state index is 12.1. The summed E-state index contributed by atoms with van der Waals surface area (Å²) in [6, 6.07) is 25.6. The zero-order valence-electron chi connectivity index (χ0n) is 19.4. The first-order valence-electron chi connectivity index (χ1n) is 11.5. The second kappa shape index (κ2) is 12.2. The SMILES string of the molecule is CC(=O)c1cccc(NS(=O)(=O)Cc2ccccc2)c1.N#Cc1ccc(C2CCCCC2)cc1. The summed E-state index contributed by atoms with van der Waals surface area (Å²) in [6.07, 6.45) is 6.78. The van der Waals surface area contributed by atoms with Gasteiger partial charge in [-0.15, -0.1) is 0 Å². The van der Waals surface area contributed by atoms with Crippen LogP contribution in [0.1, 0.15) is 72.0 Å². The molecule has 1 aliphatic rings. The quantitative estimate of drug-likeness (QED) is 0.417. The van der Waals surface area contributed by atoms with Crippen LogP contribution in [-0.2, 0) is 15.8 Å². The van der Waals surface area contributed by atoms with Gasteiger partial charge in [0.15, 0.2) is 5.78 Å². The van der Waals surface area contributed by atoms with E-state index in [1.54, 1.807) is 42.5 Å². The Balaban J connectivity index is 0.000000202. The molecule has 176 valence electrons. The van der Waals surface area contributed by atoms with Crippen LogP contribution in [0.3, 0.4) is 0 Å². The molecule has 6 heteroatoms. The molecule has 0 heterocycles. The Morgan fingerprint density at radius 3 is 2.24 bits per heavy atom. The maximum Gasteiger partial charge on any atom is 0.236 e. The van der Waals surface area contributed by atoms with Gasteiger partial charge in [0.2, 0.25) is 10.0 Å². The molecule has 0 aliphatic heterocycles. The van der Waals surface area contributed by atoms with Gasteiger partial charge in [-0.1, -0.05) is 73.9 Å². The van der Waals surface area contributed by atoms with Crippen molar-refractivity contribution in [1.29, 1.82) is 5.26 Å². The van der Waals surface area contributed by atoms with Gasteiger partial charge in [0.05, 0.1) is 17.4 Å². The number of nitriles is 1. The molecule has 1 N–H and O–H groups in total. The third-order valence-electron chi connectivity index (χ3n) is 5.86. The first-order valence-corrected chi connectivity index (χ1v) is 13.2. The highest BCUT2D eigenvalue weighted by Gasteiger charge is 2.15. The predicted octanol–water partition coefficient (Wildman–Crippen LogP) is 6.44. The fourth-order valence-corrected chi connectivity index (χ4v) is 5.27. The van der Waals surface area contributed by atoms with Crippen LogP contribution in [0.2, 0.25) is 0 Å². The number of carbonyl (C=O) groups is 1. The number of hydrogen-bond donors (Lipinski definition) is 1. The van der Waals surface area contributed by atoms with Gasteiger partial charge in [0, 0.05) is 11.3 Å². The van der Waals surface area contributed by atoms with Crippen molar-refractivity contribution in [1.82, 2.24) is 0 Å². The molecule has 3 aromatic carbocycles. The fourth-order valence-electron chi connectivity index (χ4n) is 4.08. The average molecular weight is 475 g/mol. The minimum absolute atomic E-state index is 0.0991. The number of nitrogens with one attached hydrogen (secondary N) is 1. The first-order chi connectivity index (χ1) is 16.4. The van der Waals surface area contributed by atoms with E-state index in [2.05, 4.69) is 22.9 Å². The van der Waals surface area contributed by atoms with Crippen molar-refractivity contribution in [3.63, 3.8) is 0 Å². The lowest BCUT2D eigenvalue weighted by Crippen LogP contribution is -2.15. The molecule has 0 amide bonds. The first kappa shape index (κ1) is 25.2. The molecular formula is C28H30N2O3S. The van der Waals surface area contributed by atoms with E-state index < -0.39 is 10.0 Å². The molecule has 1 fully saturated rings. The Labute approximate surface area is 202 Å². The van der Waals surface area contributed by atoms with Crippen LogP contribution < -0.4 is 4.72 Å². The second-order valence-corrected chi connectivity index (χ2v) is 10.3. The van der Waals surface area contributed by atoms with Crippen LogP contribution in [0.4, 0.5) is 5.69 Å². The lowest BCUT2D eigenvalue weighted by atomic mass is 9.84. The third-order valence-corrected chi connectivity index (χ3v) is 7.12. The van der Waals surface area contributed by atoms with E-state index in [0.29, 0.717) is 16.8 Å². The molecule has 5 nitrogen and oxygen atoms in total. The maximum atomic E-state index is 12.1. The van der Waals surface area contributed by atoms with E-state index in [4.69, 9.17) is 5.26 Å². The van der Waals surface area contributed by atoms with E-state index in [9.17, 15) is 13.2 Å². The summed E-state index contributed by atoms with van der Waals surface area (Å²) in [7, 11) is -3.49. The smallest absolute Gasteiger partial charge is 0.236 e. The average Bonchev–Trinajstić information content (AvgIpc) is 2.85. The summed E-state index contributed by atoms with van der Waals surface area (Å²) >= 11 is 0. The standard InChI is InChI=1S/C15H15NO3S.C13H15N/c1-12(17)14-8-5-9-15(10-14)16-20(18,19)11-13-6-3-2-4-7-13;14-10-11-6-8-13(9-7-11)12-4-2-1-3-5-12/h2-10,16H,11H2,1H3;6-9,12H,1-5H2. The topological polar surface area (TPSA) is 87.0 Å². The van der Waals surface area contributed by atoms with E-state index in [1.165, 1.54) is 50.7 Å². The number of sulfonamides is 1. The van der Waals surface area contributed by atoms with Crippen molar-refractivity contribution in [2.45, 2.75) is 50.7 Å². The second-order valence-electron chi connectivity index (χ2n) is 8.55. The molecule has 1 aliphatic carbocycles. The highest BCUT2D eigenvalue weighted by molar-refractivity contribution is 7.91. The summed E-state index contributed by atoms with van der Waals surface area (Å²) < 4.78 is 26.6. The van der Waals surface area contributed by atoms with Crippen LogP contribution >= 0.6 is 0 Å². The number of Topliss-reactive ketones (excluding diaryl/α,β-unsaturated/α-hetero) is 1. The molecule has 0 aromatic heterocycles. The molecule has 0 bridgehead atoms. The van der Waals surface area contributed by atoms with Crippen LogP contribution in [-0.4, -0.2) is 14.2 Å². The molecule has 1 saturated carbocycles. The lowest BCUT2D eigenvalue weighted by Gasteiger charge is -2.21. The van der Waals surface area contributed by atoms with Crippen molar-refractivity contribution in [2.75, 3.05) is 4.72 Å². The molecule has 4 rings (SSSR count). The van der Waals surface area contributed by atoms with E-state index in [0.717, 1.165) is 11.5 Å². The third kappa shape index (κ3) is 7.86. The van der Waals surface area contributed by atoms with Crippen molar-refractivity contribution < 1.29 is 13.2 Å². The molecule has 0 atom stereocenters. The minimum atomic E-state index is -3.49. The summed E-state index contributed by atoms with van der Waals surface area (Å²) in [6.45, 7) is 1.44. The largest absolute Gasteiger partial charge is 0.295 e. The summed E-state index contributed by atoms with van der Waals surface area (Å²) in [5, 5.41) is 8.69. The zero-order valence-corrected chi connectivity index (χ0v) is 20.2. The van der Waals surface area contributed by atoms with Gasteiger partial charge in [0.1, 0.15) is 0 Å². The summed E-state index contributed by atoms with van der Waals surface area (Å²) in [5.41, 5.74) is 3.77. The number of anilines is 1. The number of benzene rings is 3. The lowest BCUT2D eigenvalue weighted by molar-refractivity contribution is 0.101. The van der Waals surface area contributed by atoms with E-state index >= 15 is 0 Å². The van der Waals surface area contributed by atoms with Gasteiger partial charge >= 0.3 is 0 Å². The van der Waals surface area contributed by atoms with Gasteiger partial charge in [-0.25, -0.2) is 8.42 Å². The highest BCUT2D eigenvalue weighted by atomic mass is 32.2. The Kier molecular flexibility index (Phi) is 9.00. The van der Waals surface area contributed by atoms with Crippen molar-refractivity contribution in [2.24, 2.45) is 0 Å². The van der Waals surface area contributed by atoms with Gasteiger partial charge in [-0.2, -0.15) is 5.26 Å². The van der Waals surface area contributed by atoms with E-state index in [-0.39, 0.29) is 11.5 Å². The molecule has 3 aromatic rings. The number of rotatable bonds is 6. The molecular weight excluding hydrogens is 444 g/mol. The molecule has 34 heavy (non-hydrogen) atoms. The predicted molar refractivity (Wildman–Crippen MR) is 136 cm³/mol. The van der Waals surface area contributed by atoms with Crippen LogP contribution in [0.25, 0.3) is 0 Å². The Morgan fingerprint density at radius 2 is 1.62 bits per heavy atom. The summed E-state index contributed by atoms with van der Waals surface area (Å²) in [4.78, 5) is 11.3. The number of ketones is 1. The van der Waals surface area contributed by atoms with Gasteiger partial charge in [-0.05, 0) is 61.1 Å². The van der Waals surface area contributed by atoms with Crippen LogP contribution in [0, 0.1) is 11.3 Å². The normalized spacial score (nSPS) is 13.8. The van der Waals surface area contributed by atoms with Gasteiger partial charge < -0.3 is 0 Å². The Bertz CT molecular complexity index is 1220. The highest BCUT2D eigenvalue weighted by Crippen LogP contribution is 2.32. The monoisotopic (exact) mass is 474 g/mol. The van der Waals surface area contributed by atoms with Crippen LogP contribution in [0.5, 0.6) is 0 Å². The number of nitrogens with zero attached hydrogens (tertiary/aromatic N) is 1. The Hall–Kier alpha value is -3.43. The van der Waals surface area contributed by atoms with Crippen molar-refractivity contribution in [3.8, 4) is 6.07 Å². The summed E-state index contributed by atoms with van der Waals surface area (Å²) in [5.74, 6) is 0.545.